The summed E-state index contributed by atoms with van der Waals surface area (Å²) >= 11 is 0. The summed E-state index contributed by atoms with van der Waals surface area (Å²) in [4.78, 5) is 25.6. The number of amides is 2. The number of imide groups is 1. The first-order valence-electron chi connectivity index (χ1n) is 8.54. The lowest BCUT2D eigenvalue weighted by atomic mass is 9.85. The third-order valence-corrected chi connectivity index (χ3v) is 6.36. The van der Waals surface area contributed by atoms with Crippen molar-refractivity contribution in [3.05, 3.63) is 35.9 Å². The lowest BCUT2D eigenvalue weighted by Crippen LogP contribution is -2.30. The van der Waals surface area contributed by atoms with Crippen molar-refractivity contribution in [2.75, 3.05) is 7.11 Å². The number of methoxy groups -OCH3 is 1. The number of carbonyl (C=O) groups is 2. The van der Waals surface area contributed by atoms with Gasteiger partial charge in [0.1, 0.15) is 0 Å². The zero-order valence-electron chi connectivity index (χ0n) is 13.8. The maximum absolute atomic E-state index is 12.8. The molecule has 0 unspecified atom stereocenters. The van der Waals surface area contributed by atoms with Crippen LogP contribution < -0.4 is 4.74 Å². The van der Waals surface area contributed by atoms with Gasteiger partial charge in [-0.1, -0.05) is 12.2 Å². The van der Waals surface area contributed by atoms with Crippen LogP contribution in [0.4, 0.5) is 0 Å². The molecule has 0 radical (unpaired) electrons. The number of carbonyl (C=O) groups excluding carboxylic acids is 2. The number of allylic oxidation sites excluding steroid dienone is 2. The van der Waals surface area contributed by atoms with E-state index < -0.39 is 0 Å². The molecule has 2 bridgehead atoms. The van der Waals surface area contributed by atoms with E-state index in [0.717, 1.165) is 17.9 Å². The topological polar surface area (TPSA) is 79.2 Å². The summed E-state index contributed by atoms with van der Waals surface area (Å²) in [5.74, 6) is -0.0909. The van der Waals surface area contributed by atoms with Crippen molar-refractivity contribution < 1.29 is 19.4 Å². The number of phenols is 1. The van der Waals surface area contributed by atoms with Crippen molar-refractivity contribution in [1.29, 1.82) is 0 Å². The van der Waals surface area contributed by atoms with Crippen LogP contribution in [0.25, 0.3) is 0 Å². The average molecular weight is 338 g/mol. The Morgan fingerprint density at radius 1 is 1.20 bits per heavy atom. The molecule has 1 saturated heterocycles. The Hall–Kier alpha value is -2.63. The molecule has 0 aromatic heterocycles. The van der Waals surface area contributed by atoms with Crippen LogP contribution in [0.1, 0.15) is 18.4 Å². The molecule has 4 aliphatic rings. The molecule has 2 amide bonds. The van der Waals surface area contributed by atoms with Gasteiger partial charge in [0.25, 0.3) is 11.8 Å². The van der Waals surface area contributed by atoms with Gasteiger partial charge in [-0.15, -0.1) is 0 Å². The Morgan fingerprint density at radius 2 is 1.84 bits per heavy atom. The molecule has 1 aliphatic heterocycles. The van der Waals surface area contributed by atoms with Gasteiger partial charge in [0.15, 0.2) is 11.5 Å². The van der Waals surface area contributed by atoms with E-state index in [2.05, 4.69) is 17.3 Å². The predicted octanol–water partition coefficient (Wildman–Crippen LogP) is 1.93. The van der Waals surface area contributed by atoms with Crippen LogP contribution in [-0.4, -0.2) is 35.3 Å². The third kappa shape index (κ3) is 1.77. The summed E-state index contributed by atoms with van der Waals surface area (Å²) in [7, 11) is 1.46. The van der Waals surface area contributed by atoms with Crippen LogP contribution in [0, 0.1) is 29.1 Å². The molecule has 2 saturated carbocycles. The van der Waals surface area contributed by atoms with Crippen LogP contribution in [0.2, 0.25) is 0 Å². The fourth-order valence-electron chi connectivity index (χ4n) is 5.08. The van der Waals surface area contributed by atoms with Gasteiger partial charge in [-0.05, 0) is 53.9 Å². The van der Waals surface area contributed by atoms with Crippen LogP contribution in [0.15, 0.2) is 35.5 Å². The number of rotatable bonds is 3. The second-order valence-corrected chi connectivity index (χ2v) is 7.39. The maximum atomic E-state index is 12.8. The monoisotopic (exact) mass is 338 g/mol. The number of nitrogens with zero attached hydrogens (tertiary/aromatic N) is 2. The first-order chi connectivity index (χ1) is 12.1. The Kier molecular flexibility index (Phi) is 2.77. The van der Waals surface area contributed by atoms with Crippen LogP contribution in [-0.2, 0) is 9.59 Å². The number of ether oxygens (including phenoxy) is 1. The molecule has 1 spiro atoms. The number of phenolic OH excluding ortho intramolecular Hbond substituents is 1. The highest BCUT2D eigenvalue weighted by atomic mass is 16.5. The van der Waals surface area contributed by atoms with Crippen LogP contribution in [0.5, 0.6) is 11.5 Å². The highest BCUT2D eigenvalue weighted by Crippen LogP contribution is 2.73. The number of benzene rings is 1. The first kappa shape index (κ1) is 14.7. The molecule has 1 N–H and O–H groups in total. The summed E-state index contributed by atoms with van der Waals surface area (Å²) in [5.41, 5.74) is 0.841. The molecule has 1 heterocycles. The van der Waals surface area contributed by atoms with Crippen molar-refractivity contribution in [3.8, 4) is 11.5 Å². The summed E-state index contributed by atoms with van der Waals surface area (Å²) in [6, 6.07) is 4.75. The van der Waals surface area contributed by atoms with E-state index in [4.69, 9.17) is 4.74 Å². The van der Waals surface area contributed by atoms with Gasteiger partial charge in [0.2, 0.25) is 0 Å². The van der Waals surface area contributed by atoms with Crippen molar-refractivity contribution in [1.82, 2.24) is 5.01 Å². The number of aromatic hydroxyl groups is 1. The zero-order valence-corrected chi connectivity index (χ0v) is 13.8. The lowest BCUT2D eigenvalue weighted by Gasteiger charge is -2.18. The van der Waals surface area contributed by atoms with E-state index in [1.807, 2.05) is 0 Å². The van der Waals surface area contributed by atoms with Crippen LogP contribution >= 0.6 is 0 Å². The van der Waals surface area contributed by atoms with Gasteiger partial charge in [-0.2, -0.15) is 10.1 Å². The second kappa shape index (κ2) is 4.71. The minimum atomic E-state index is -0.239. The van der Waals surface area contributed by atoms with E-state index in [1.54, 1.807) is 12.1 Å². The quantitative estimate of drug-likeness (QED) is 0.519. The SMILES string of the molecule is COc1cc(/C=N\N2C(=O)[C@@H]3[C@H](C2=O)[C@H]2C=C[C@@H]3C23CC3)ccc1O. The third-order valence-electron chi connectivity index (χ3n) is 6.36. The van der Waals surface area contributed by atoms with E-state index >= 15 is 0 Å². The van der Waals surface area contributed by atoms with Crippen LogP contribution in [0.3, 0.4) is 0 Å². The van der Waals surface area contributed by atoms with E-state index in [9.17, 15) is 14.7 Å². The molecular formula is C19H18N2O4. The van der Waals surface area contributed by atoms with Gasteiger partial charge in [0.05, 0.1) is 25.2 Å². The van der Waals surface area contributed by atoms with Crippen molar-refractivity contribution in [2.24, 2.45) is 34.2 Å². The van der Waals surface area contributed by atoms with Gasteiger partial charge in [-0.3, -0.25) is 9.59 Å². The lowest BCUT2D eigenvalue weighted by molar-refractivity contribution is -0.141. The minimum absolute atomic E-state index is 0.0277. The Morgan fingerprint density at radius 3 is 2.40 bits per heavy atom. The molecule has 6 heteroatoms. The molecular weight excluding hydrogens is 320 g/mol. The van der Waals surface area contributed by atoms with E-state index in [0.29, 0.717) is 11.3 Å². The molecule has 1 aromatic carbocycles. The van der Waals surface area contributed by atoms with E-state index in [1.165, 1.54) is 19.4 Å². The normalized spacial score (nSPS) is 33.7. The molecule has 25 heavy (non-hydrogen) atoms. The number of hydrazone groups is 1. The second-order valence-electron chi connectivity index (χ2n) is 7.39. The Labute approximate surface area is 144 Å². The van der Waals surface area contributed by atoms with Gasteiger partial charge in [-0.25, -0.2) is 0 Å². The summed E-state index contributed by atoms with van der Waals surface area (Å²) in [5, 5.41) is 14.8. The van der Waals surface area contributed by atoms with Gasteiger partial charge < -0.3 is 9.84 Å². The minimum Gasteiger partial charge on any atom is -0.504 e. The fourth-order valence-corrected chi connectivity index (χ4v) is 5.08. The predicted molar refractivity (Wildman–Crippen MR) is 88.9 cm³/mol. The fraction of sp³-hybridized carbons (Fsp3) is 0.421. The molecule has 5 rings (SSSR count). The Bertz CT molecular complexity index is 821. The Balaban J connectivity index is 1.42. The summed E-state index contributed by atoms with van der Waals surface area (Å²) < 4.78 is 5.06. The maximum Gasteiger partial charge on any atom is 0.254 e. The zero-order chi connectivity index (χ0) is 17.3. The van der Waals surface area contributed by atoms with Crippen molar-refractivity contribution in [2.45, 2.75) is 12.8 Å². The standard InChI is InChI=1S/C19H18N2O4/c1-25-14-8-10(2-5-13(14)22)9-20-21-17(23)15-11-3-4-12(16(15)18(21)24)19(11)6-7-19/h2-5,8-9,11-12,15-16,22H,6-7H2,1H3/b20-9-/t11-,12+,15-,16+. The van der Waals surface area contributed by atoms with Crippen molar-refractivity contribution in [3.63, 3.8) is 0 Å². The number of fused-ring (bicyclic) bond motifs is 3. The molecule has 1 aromatic rings. The highest BCUT2D eigenvalue weighted by molar-refractivity contribution is 6.07. The first-order valence-corrected chi connectivity index (χ1v) is 8.54. The van der Waals surface area contributed by atoms with Crippen molar-refractivity contribution >= 4 is 18.0 Å². The smallest absolute Gasteiger partial charge is 0.254 e. The number of hydrogen-bond donors (Lipinski definition) is 1. The van der Waals surface area contributed by atoms with Gasteiger partial charge in [0, 0.05) is 0 Å². The van der Waals surface area contributed by atoms with Gasteiger partial charge >= 0.3 is 0 Å². The molecule has 6 nitrogen and oxygen atoms in total. The summed E-state index contributed by atoms with van der Waals surface area (Å²) in [6.45, 7) is 0. The largest absolute Gasteiger partial charge is 0.504 e. The van der Waals surface area contributed by atoms with E-state index in [-0.39, 0.29) is 46.7 Å². The number of hydrogen-bond acceptors (Lipinski definition) is 5. The molecule has 3 aliphatic carbocycles. The molecule has 3 fully saturated rings. The molecule has 128 valence electrons. The molecule has 4 atom stereocenters. The average Bonchev–Trinajstić information content (AvgIpc) is 3.21. The summed E-state index contributed by atoms with van der Waals surface area (Å²) in [6.07, 6.45) is 7.99. The highest BCUT2D eigenvalue weighted by Gasteiger charge is 2.73.